The highest BCUT2D eigenvalue weighted by atomic mass is 35.5. The van der Waals surface area contributed by atoms with Crippen molar-refractivity contribution in [2.45, 2.75) is 6.10 Å². The number of nitrogens with zero attached hydrogens (tertiary/aromatic N) is 1. The fraction of sp³-hybridized carbons (Fsp3) is 0.312. The van der Waals surface area contributed by atoms with Crippen molar-refractivity contribution in [3.63, 3.8) is 0 Å². The molecule has 2 aromatic rings. The highest BCUT2D eigenvalue weighted by molar-refractivity contribution is 5.98. The molecule has 1 saturated heterocycles. The molecule has 4 nitrogen and oxygen atoms in total. The zero-order chi connectivity index (χ0) is 13.9. The summed E-state index contributed by atoms with van der Waals surface area (Å²) in [5, 5.41) is 2.23. The van der Waals surface area contributed by atoms with E-state index in [1.807, 2.05) is 47.4 Å². The molecule has 1 aliphatic rings. The number of carbonyl (C=O) groups excluding carboxylic acids is 1. The molecule has 0 spiro atoms. The fourth-order valence-electron chi connectivity index (χ4n) is 2.55. The number of halogens is 1. The van der Waals surface area contributed by atoms with E-state index in [0.29, 0.717) is 26.2 Å². The van der Waals surface area contributed by atoms with Gasteiger partial charge in [-0.05, 0) is 22.9 Å². The zero-order valence-electron chi connectivity index (χ0n) is 11.7. The number of ether oxygens (including phenoxy) is 1. The molecule has 2 aromatic carbocycles. The first-order valence-corrected chi connectivity index (χ1v) is 6.87. The largest absolute Gasteiger partial charge is 0.373 e. The number of carbonyl (C=O) groups is 1. The number of fused-ring (bicyclic) bond motifs is 1. The van der Waals surface area contributed by atoms with Crippen molar-refractivity contribution in [1.29, 1.82) is 0 Å². The predicted molar refractivity (Wildman–Crippen MR) is 85.9 cm³/mol. The average Bonchev–Trinajstić information content (AvgIpc) is 2.53. The Kier molecular flexibility index (Phi) is 5.17. The van der Waals surface area contributed by atoms with Gasteiger partial charge in [0.1, 0.15) is 0 Å². The van der Waals surface area contributed by atoms with Crippen molar-refractivity contribution >= 4 is 29.1 Å². The first kappa shape index (κ1) is 15.8. The molecule has 0 saturated carbocycles. The van der Waals surface area contributed by atoms with Crippen LogP contribution in [0.3, 0.4) is 0 Å². The Morgan fingerprint density at radius 1 is 1.24 bits per heavy atom. The van der Waals surface area contributed by atoms with Gasteiger partial charge in [0, 0.05) is 25.2 Å². The van der Waals surface area contributed by atoms with Gasteiger partial charge >= 0.3 is 0 Å². The lowest BCUT2D eigenvalue weighted by molar-refractivity contribution is -0.0167. The van der Waals surface area contributed by atoms with Crippen LogP contribution in [0.5, 0.6) is 0 Å². The van der Waals surface area contributed by atoms with Gasteiger partial charge in [0.2, 0.25) is 0 Å². The molecule has 0 aliphatic carbocycles. The third-order valence-corrected chi connectivity index (χ3v) is 3.69. The monoisotopic (exact) mass is 306 g/mol. The van der Waals surface area contributed by atoms with Crippen molar-refractivity contribution in [2.75, 3.05) is 26.2 Å². The van der Waals surface area contributed by atoms with Gasteiger partial charge in [-0.2, -0.15) is 0 Å². The maximum Gasteiger partial charge on any atom is 0.254 e. The van der Waals surface area contributed by atoms with E-state index in [1.54, 1.807) is 0 Å². The summed E-state index contributed by atoms with van der Waals surface area (Å²) in [5.74, 6) is 0.0532. The van der Waals surface area contributed by atoms with E-state index in [1.165, 1.54) is 0 Å². The number of amides is 1. The Labute approximate surface area is 130 Å². The maximum atomic E-state index is 12.5. The van der Waals surface area contributed by atoms with E-state index in [0.717, 1.165) is 16.3 Å². The first-order valence-electron chi connectivity index (χ1n) is 6.87. The summed E-state index contributed by atoms with van der Waals surface area (Å²) in [7, 11) is 0. The molecule has 0 aromatic heterocycles. The van der Waals surface area contributed by atoms with Crippen LogP contribution < -0.4 is 5.73 Å². The highest BCUT2D eigenvalue weighted by Crippen LogP contribution is 2.18. The molecule has 1 heterocycles. The molecule has 1 fully saturated rings. The molecule has 2 N–H and O–H groups in total. The van der Waals surface area contributed by atoms with Crippen LogP contribution in [-0.2, 0) is 4.74 Å². The maximum absolute atomic E-state index is 12.5. The normalized spacial score (nSPS) is 18.3. The topological polar surface area (TPSA) is 55.6 Å². The third kappa shape index (κ3) is 3.35. The van der Waals surface area contributed by atoms with Crippen LogP contribution in [0.2, 0.25) is 0 Å². The van der Waals surface area contributed by atoms with Gasteiger partial charge < -0.3 is 15.4 Å². The molecule has 1 amide bonds. The molecule has 3 rings (SSSR count). The fourth-order valence-corrected chi connectivity index (χ4v) is 2.55. The predicted octanol–water partition coefficient (Wildman–Crippen LogP) is 2.06. The van der Waals surface area contributed by atoms with Crippen LogP contribution >= 0.6 is 12.4 Å². The molecule has 5 heteroatoms. The van der Waals surface area contributed by atoms with Gasteiger partial charge in [-0.1, -0.05) is 30.3 Å². The minimum Gasteiger partial charge on any atom is -0.373 e. The van der Waals surface area contributed by atoms with Gasteiger partial charge in [0.25, 0.3) is 5.91 Å². The second kappa shape index (κ2) is 6.89. The Bertz CT molecular complexity index is 632. The molecule has 1 atom stereocenters. The molecule has 1 unspecified atom stereocenters. The van der Waals surface area contributed by atoms with Gasteiger partial charge in [0.15, 0.2) is 0 Å². The van der Waals surface area contributed by atoms with Crippen LogP contribution in [0.15, 0.2) is 42.5 Å². The number of hydrogen-bond donors (Lipinski definition) is 1. The van der Waals surface area contributed by atoms with E-state index < -0.39 is 0 Å². The lowest BCUT2D eigenvalue weighted by Gasteiger charge is -2.32. The summed E-state index contributed by atoms with van der Waals surface area (Å²) < 4.78 is 5.49. The minimum absolute atomic E-state index is 0. The highest BCUT2D eigenvalue weighted by Gasteiger charge is 2.24. The van der Waals surface area contributed by atoms with Crippen LogP contribution in [0.1, 0.15) is 10.4 Å². The van der Waals surface area contributed by atoms with Crippen molar-refractivity contribution in [2.24, 2.45) is 5.73 Å². The van der Waals surface area contributed by atoms with Crippen molar-refractivity contribution in [1.82, 2.24) is 4.90 Å². The molecular formula is C16H19ClN2O2. The quantitative estimate of drug-likeness (QED) is 0.924. The van der Waals surface area contributed by atoms with Crippen molar-refractivity contribution in [3.05, 3.63) is 48.0 Å². The van der Waals surface area contributed by atoms with E-state index in [2.05, 4.69) is 0 Å². The lowest BCUT2D eigenvalue weighted by Crippen LogP contribution is -2.48. The van der Waals surface area contributed by atoms with Crippen molar-refractivity contribution < 1.29 is 9.53 Å². The average molecular weight is 307 g/mol. The molecule has 21 heavy (non-hydrogen) atoms. The smallest absolute Gasteiger partial charge is 0.254 e. The first-order chi connectivity index (χ1) is 9.78. The summed E-state index contributed by atoms with van der Waals surface area (Å²) in [4.78, 5) is 14.4. The molecule has 1 aliphatic heterocycles. The number of nitrogens with two attached hydrogens (primary N) is 1. The SMILES string of the molecule is Cl.NCC1CN(C(=O)c2ccc3ccccc3c2)CCO1. The minimum atomic E-state index is -0.0480. The van der Waals surface area contributed by atoms with E-state index in [-0.39, 0.29) is 24.4 Å². The van der Waals surface area contributed by atoms with Crippen LogP contribution in [0.4, 0.5) is 0 Å². The van der Waals surface area contributed by atoms with Crippen LogP contribution in [0.25, 0.3) is 10.8 Å². The molecule has 0 bridgehead atoms. The van der Waals surface area contributed by atoms with E-state index in [9.17, 15) is 4.79 Å². The van der Waals surface area contributed by atoms with Gasteiger partial charge in [0.05, 0.1) is 12.7 Å². The zero-order valence-corrected chi connectivity index (χ0v) is 12.5. The number of hydrogen-bond acceptors (Lipinski definition) is 3. The number of benzene rings is 2. The third-order valence-electron chi connectivity index (χ3n) is 3.69. The van der Waals surface area contributed by atoms with Crippen LogP contribution in [0, 0.1) is 0 Å². The van der Waals surface area contributed by atoms with Gasteiger partial charge in [-0.25, -0.2) is 0 Å². The Balaban J connectivity index is 0.00000161. The van der Waals surface area contributed by atoms with Crippen LogP contribution in [-0.4, -0.2) is 43.2 Å². The lowest BCUT2D eigenvalue weighted by atomic mass is 10.1. The van der Waals surface area contributed by atoms with E-state index >= 15 is 0 Å². The Hall–Kier alpha value is -1.62. The Morgan fingerprint density at radius 2 is 2.00 bits per heavy atom. The van der Waals surface area contributed by atoms with Crippen molar-refractivity contribution in [3.8, 4) is 0 Å². The summed E-state index contributed by atoms with van der Waals surface area (Å²) in [6.45, 7) is 2.20. The van der Waals surface area contributed by atoms with E-state index in [4.69, 9.17) is 10.5 Å². The Morgan fingerprint density at radius 3 is 2.76 bits per heavy atom. The molecule has 112 valence electrons. The summed E-state index contributed by atoms with van der Waals surface area (Å²) in [6.07, 6.45) is -0.0480. The number of morpholine rings is 1. The van der Waals surface area contributed by atoms with Gasteiger partial charge in [-0.15, -0.1) is 12.4 Å². The second-order valence-electron chi connectivity index (χ2n) is 5.04. The summed E-state index contributed by atoms with van der Waals surface area (Å²) in [5.41, 5.74) is 6.34. The molecular weight excluding hydrogens is 288 g/mol. The number of rotatable bonds is 2. The summed E-state index contributed by atoms with van der Waals surface area (Å²) >= 11 is 0. The van der Waals surface area contributed by atoms with Gasteiger partial charge in [-0.3, -0.25) is 4.79 Å². The summed E-state index contributed by atoms with van der Waals surface area (Å²) in [6, 6.07) is 13.9. The standard InChI is InChI=1S/C16H18N2O2.ClH/c17-10-15-11-18(7-8-20-15)16(19)14-6-5-12-3-1-2-4-13(12)9-14;/h1-6,9,15H,7-8,10-11,17H2;1H. The second-order valence-corrected chi connectivity index (χ2v) is 5.04. The molecule has 0 radical (unpaired) electrons.